The molecule has 0 radical (unpaired) electrons. The van der Waals surface area contributed by atoms with Crippen LogP contribution in [0.2, 0.25) is 0 Å². The number of likely N-dealkylation sites (tertiary alicyclic amines) is 1. The number of hydrogen-bond donors (Lipinski definition) is 2. The maximum absolute atomic E-state index is 11.0. The van der Waals surface area contributed by atoms with E-state index >= 15 is 0 Å². The van der Waals surface area contributed by atoms with Crippen LogP contribution in [-0.4, -0.2) is 56.2 Å². The van der Waals surface area contributed by atoms with E-state index in [2.05, 4.69) is 4.90 Å². The molecule has 3 rings (SSSR count). The van der Waals surface area contributed by atoms with Gasteiger partial charge < -0.3 is 29.6 Å². The van der Waals surface area contributed by atoms with Gasteiger partial charge in [-0.05, 0) is 106 Å². The lowest BCUT2D eigenvalue weighted by atomic mass is 9.92. The Morgan fingerprint density at radius 2 is 1.44 bits per heavy atom. The molecule has 184 valence electrons. The molecule has 7 nitrogen and oxygen atoms in total. The van der Waals surface area contributed by atoms with Gasteiger partial charge in [0, 0.05) is 12.1 Å². The van der Waals surface area contributed by atoms with Crippen molar-refractivity contribution in [2.45, 2.75) is 39.0 Å². The van der Waals surface area contributed by atoms with Crippen LogP contribution in [0.5, 0.6) is 11.5 Å². The van der Waals surface area contributed by atoms with Crippen LogP contribution in [0.1, 0.15) is 50.2 Å². The van der Waals surface area contributed by atoms with Crippen molar-refractivity contribution in [1.82, 2.24) is 4.90 Å². The van der Waals surface area contributed by atoms with Crippen molar-refractivity contribution in [3.8, 4) is 11.5 Å². The molecule has 2 aromatic rings. The summed E-state index contributed by atoms with van der Waals surface area (Å²) in [5.41, 5.74) is 1.15. The van der Waals surface area contributed by atoms with Crippen LogP contribution in [0.4, 0.5) is 0 Å². The van der Waals surface area contributed by atoms with E-state index in [-0.39, 0.29) is 5.90 Å². The first kappa shape index (κ1) is 25.6. The molecule has 0 aliphatic carbocycles. The lowest BCUT2D eigenvalue weighted by Crippen LogP contribution is -2.35. The zero-order chi connectivity index (χ0) is 24.2. The zero-order valence-electron chi connectivity index (χ0n) is 20.1. The molecule has 1 heterocycles. The highest BCUT2D eigenvalue weighted by Crippen LogP contribution is 2.22. The highest BCUT2D eigenvalue weighted by atomic mass is 16.5. The van der Waals surface area contributed by atoms with E-state index < -0.39 is 5.90 Å². The van der Waals surface area contributed by atoms with Gasteiger partial charge in [0.05, 0.1) is 19.8 Å². The fourth-order valence-corrected chi connectivity index (χ4v) is 4.17. The fourth-order valence-electron chi connectivity index (χ4n) is 4.17. The molecule has 7 heteroatoms. The monoisotopic (exact) mass is 466 g/mol. The van der Waals surface area contributed by atoms with Gasteiger partial charge in [0.15, 0.2) is 0 Å². The summed E-state index contributed by atoms with van der Waals surface area (Å²) in [6.07, 6.45) is 5.69. The average molecular weight is 467 g/mol. The summed E-state index contributed by atoms with van der Waals surface area (Å²) in [5.74, 6) is 1.87. The smallest absolute Gasteiger partial charge is 0.213 e. The summed E-state index contributed by atoms with van der Waals surface area (Å²) in [5, 5.41) is 25.9. The van der Waals surface area contributed by atoms with E-state index in [1.54, 1.807) is 24.3 Å². The van der Waals surface area contributed by atoms with Gasteiger partial charge in [-0.3, -0.25) is 5.41 Å². The number of rotatable bonds is 13. The Morgan fingerprint density at radius 3 is 2.00 bits per heavy atom. The normalized spacial score (nSPS) is 14.5. The van der Waals surface area contributed by atoms with E-state index in [1.165, 1.54) is 19.3 Å². The van der Waals surface area contributed by atoms with E-state index in [1.807, 2.05) is 31.2 Å². The maximum atomic E-state index is 11.0. The van der Waals surface area contributed by atoms with Crippen LogP contribution >= 0.6 is 0 Å². The highest BCUT2D eigenvalue weighted by molar-refractivity contribution is 5.91. The Hall–Kier alpha value is -3.06. The molecular weight excluding hydrogens is 430 g/mol. The summed E-state index contributed by atoms with van der Waals surface area (Å²) in [6.45, 7) is 7.06. The van der Waals surface area contributed by atoms with Gasteiger partial charge in [-0.1, -0.05) is 12.1 Å². The van der Waals surface area contributed by atoms with Gasteiger partial charge in [0.25, 0.3) is 0 Å². The van der Waals surface area contributed by atoms with Gasteiger partial charge in [-0.25, -0.2) is 0 Å². The summed E-state index contributed by atoms with van der Waals surface area (Å²) in [4.78, 5) is 2.51. The third-order valence-corrected chi connectivity index (χ3v) is 6.14. The minimum atomic E-state index is -0.673. The first-order valence-corrected chi connectivity index (χ1v) is 12.2. The van der Waals surface area contributed by atoms with Crippen molar-refractivity contribution >= 4 is 11.8 Å². The van der Waals surface area contributed by atoms with E-state index in [4.69, 9.17) is 25.0 Å². The Morgan fingerprint density at radius 1 is 0.882 bits per heavy atom. The van der Waals surface area contributed by atoms with Gasteiger partial charge in [0.2, 0.25) is 5.90 Å². The third kappa shape index (κ3) is 8.37. The Bertz CT molecular complexity index is 891. The molecule has 0 spiro atoms. The predicted molar refractivity (Wildman–Crippen MR) is 132 cm³/mol. The molecule has 0 aromatic heterocycles. The second kappa shape index (κ2) is 13.6. The quantitative estimate of drug-likeness (QED) is 0.263. The van der Waals surface area contributed by atoms with Crippen molar-refractivity contribution in [2.75, 3.05) is 39.5 Å². The summed E-state index contributed by atoms with van der Waals surface area (Å²) >= 11 is 0. The molecule has 0 bridgehead atoms. The molecule has 0 saturated carbocycles. The summed E-state index contributed by atoms with van der Waals surface area (Å²) < 4.78 is 16.8. The van der Waals surface area contributed by atoms with Crippen molar-refractivity contribution in [3.05, 3.63) is 59.7 Å². The number of piperidine rings is 1. The zero-order valence-corrected chi connectivity index (χ0v) is 20.1. The van der Waals surface area contributed by atoms with Crippen LogP contribution in [-0.2, 0) is 4.74 Å². The van der Waals surface area contributed by atoms with Crippen molar-refractivity contribution in [2.24, 2.45) is 5.92 Å². The topological polar surface area (TPSA) is 102 Å². The molecule has 1 aliphatic rings. The molecule has 1 saturated heterocycles. The number of nitrogens with one attached hydrogen (secondary N) is 2. The maximum Gasteiger partial charge on any atom is 0.213 e. The van der Waals surface area contributed by atoms with Crippen molar-refractivity contribution < 1.29 is 19.3 Å². The van der Waals surface area contributed by atoms with Gasteiger partial charge in [0.1, 0.15) is 11.5 Å². The predicted octanol–water partition coefficient (Wildman–Crippen LogP) is 4.07. The molecule has 0 atom stereocenters. The van der Waals surface area contributed by atoms with Gasteiger partial charge in [-0.2, -0.15) is 0 Å². The van der Waals surface area contributed by atoms with E-state index in [0.29, 0.717) is 18.8 Å². The van der Waals surface area contributed by atoms with Crippen LogP contribution in [0, 0.1) is 16.7 Å². The first-order valence-electron chi connectivity index (χ1n) is 12.2. The van der Waals surface area contributed by atoms with Crippen LogP contribution in [0.15, 0.2) is 48.5 Å². The minimum Gasteiger partial charge on any atom is -0.859 e. The standard InChI is InChI=1S/C27H37N3O4/c1-2-32-27(29)23-8-12-25(13-9-23)33-19-3-5-21-14-17-30(18-15-21)16-4-20-34-24-10-6-22(7-11-24)26(28)31/h6-13,21,29H,2-5,14-20H2,1H3,(H2,28,31)/p-1. The third-order valence-electron chi connectivity index (χ3n) is 6.14. The number of ether oxygens (including phenoxy) is 3. The minimum absolute atomic E-state index is 0.197. The molecule has 2 N–H and O–H groups in total. The first-order chi connectivity index (χ1) is 16.5. The van der Waals surface area contributed by atoms with Crippen LogP contribution < -0.4 is 14.6 Å². The largest absolute Gasteiger partial charge is 0.859 e. The van der Waals surface area contributed by atoms with Gasteiger partial charge in [-0.15, -0.1) is 0 Å². The number of hydrogen-bond acceptors (Lipinski definition) is 7. The lowest BCUT2D eigenvalue weighted by Gasteiger charge is -2.32. The average Bonchev–Trinajstić information content (AvgIpc) is 2.86. The second-order valence-corrected chi connectivity index (χ2v) is 8.62. The lowest BCUT2D eigenvalue weighted by molar-refractivity contribution is -0.214. The molecule has 2 aromatic carbocycles. The van der Waals surface area contributed by atoms with Crippen molar-refractivity contribution in [3.63, 3.8) is 0 Å². The Kier molecular flexibility index (Phi) is 10.2. The summed E-state index contributed by atoms with van der Waals surface area (Å²) in [6, 6.07) is 14.3. The van der Waals surface area contributed by atoms with Gasteiger partial charge >= 0.3 is 0 Å². The van der Waals surface area contributed by atoms with E-state index in [0.717, 1.165) is 62.1 Å². The van der Waals surface area contributed by atoms with E-state index in [9.17, 15) is 5.11 Å². The van der Waals surface area contributed by atoms with Crippen LogP contribution in [0.25, 0.3) is 0 Å². The van der Waals surface area contributed by atoms with Crippen molar-refractivity contribution in [1.29, 1.82) is 10.8 Å². The second-order valence-electron chi connectivity index (χ2n) is 8.62. The number of benzene rings is 2. The number of nitrogens with zero attached hydrogens (tertiary/aromatic N) is 1. The molecule has 0 amide bonds. The molecular formula is C27H36N3O4-. The summed E-state index contributed by atoms with van der Waals surface area (Å²) in [7, 11) is 0. The van der Waals surface area contributed by atoms with Crippen LogP contribution in [0.3, 0.4) is 0 Å². The highest BCUT2D eigenvalue weighted by Gasteiger charge is 2.18. The molecule has 0 unspecified atom stereocenters. The Balaban J connectivity index is 1.23. The molecule has 1 fully saturated rings. The molecule has 34 heavy (non-hydrogen) atoms. The Labute approximate surface area is 202 Å². The SMILES string of the molecule is CCOC(=N)c1ccc(OCCCC2CCN(CCCOc3ccc(C(=N)[O-])cc3)CC2)cc1. The fraction of sp³-hybridized carbons (Fsp3) is 0.481. The molecule has 1 aliphatic heterocycles.